The number of aromatic nitrogens is 2. The maximum atomic E-state index is 12.5. The number of rotatable bonds is 3. The van der Waals surface area contributed by atoms with E-state index in [1.54, 1.807) is 4.68 Å². The fourth-order valence-electron chi connectivity index (χ4n) is 2.55. The predicted octanol–water partition coefficient (Wildman–Crippen LogP) is 2.07. The van der Waals surface area contributed by atoms with Crippen molar-refractivity contribution < 1.29 is 4.79 Å². The van der Waals surface area contributed by atoms with Gasteiger partial charge in [-0.15, -0.1) is 0 Å². The molecule has 6 nitrogen and oxygen atoms in total. The monoisotopic (exact) mass is 285 g/mol. The summed E-state index contributed by atoms with van der Waals surface area (Å²) in [5, 5.41) is 13.9. The molecule has 0 aliphatic carbocycles. The Kier molecular flexibility index (Phi) is 3.51. The minimum absolute atomic E-state index is 0.120. The Balaban J connectivity index is 1.89. The van der Waals surface area contributed by atoms with Crippen LogP contribution in [0.2, 0.25) is 0 Å². The number of fused-ring (bicyclic) bond motifs is 1. The Bertz CT molecular complexity index is 677. The summed E-state index contributed by atoms with van der Waals surface area (Å²) in [6, 6.07) is 5.69. The number of hydrogen-bond donors (Lipinski definition) is 3. The first kappa shape index (κ1) is 13.5. The van der Waals surface area contributed by atoms with Gasteiger partial charge in [0.15, 0.2) is 0 Å². The molecule has 0 saturated heterocycles. The third-order valence-electron chi connectivity index (χ3n) is 3.54. The van der Waals surface area contributed by atoms with E-state index < -0.39 is 0 Å². The van der Waals surface area contributed by atoms with Crippen molar-refractivity contribution in [2.75, 3.05) is 29.0 Å². The van der Waals surface area contributed by atoms with Crippen molar-refractivity contribution in [3.8, 4) is 0 Å². The number of amides is 1. The molecule has 110 valence electrons. The standard InChI is InChI=1S/C15H19N5O/c1-3-11-13(9-20(2)19-11)18-15(21)10-5-4-6-12-14(10)17-8-7-16-12/h4-6,9,16-17H,3,7-8H2,1-2H3,(H,18,21). The van der Waals surface area contributed by atoms with Gasteiger partial charge in [0.1, 0.15) is 0 Å². The molecule has 1 aromatic heterocycles. The van der Waals surface area contributed by atoms with Gasteiger partial charge in [-0.05, 0) is 18.6 Å². The molecular formula is C15H19N5O. The van der Waals surface area contributed by atoms with Crippen molar-refractivity contribution in [1.82, 2.24) is 9.78 Å². The third-order valence-corrected chi connectivity index (χ3v) is 3.54. The number of hydrogen-bond acceptors (Lipinski definition) is 4. The molecule has 6 heteroatoms. The third kappa shape index (κ3) is 2.56. The summed E-state index contributed by atoms with van der Waals surface area (Å²) in [6.45, 7) is 3.69. The van der Waals surface area contributed by atoms with E-state index in [2.05, 4.69) is 21.0 Å². The summed E-state index contributed by atoms with van der Waals surface area (Å²) in [5.41, 5.74) is 4.14. The lowest BCUT2D eigenvalue weighted by Gasteiger charge is -2.22. The van der Waals surface area contributed by atoms with Crippen LogP contribution in [0.25, 0.3) is 0 Å². The molecule has 0 bridgehead atoms. The first-order valence-electron chi connectivity index (χ1n) is 7.13. The van der Waals surface area contributed by atoms with Crippen LogP contribution in [-0.2, 0) is 13.5 Å². The van der Waals surface area contributed by atoms with Gasteiger partial charge in [0.2, 0.25) is 0 Å². The molecule has 0 unspecified atom stereocenters. The number of carbonyl (C=O) groups excluding carboxylic acids is 1. The van der Waals surface area contributed by atoms with E-state index in [0.29, 0.717) is 5.56 Å². The van der Waals surface area contributed by atoms with Crippen LogP contribution >= 0.6 is 0 Å². The minimum atomic E-state index is -0.120. The van der Waals surface area contributed by atoms with Crippen LogP contribution < -0.4 is 16.0 Å². The molecular weight excluding hydrogens is 266 g/mol. The second-order valence-corrected chi connectivity index (χ2v) is 5.05. The number of nitrogens with one attached hydrogen (secondary N) is 3. The van der Waals surface area contributed by atoms with Crippen molar-refractivity contribution in [1.29, 1.82) is 0 Å². The van der Waals surface area contributed by atoms with Crippen molar-refractivity contribution in [3.63, 3.8) is 0 Å². The predicted molar refractivity (Wildman–Crippen MR) is 84.0 cm³/mol. The van der Waals surface area contributed by atoms with E-state index in [1.165, 1.54) is 0 Å². The topological polar surface area (TPSA) is 71.0 Å². The fourth-order valence-corrected chi connectivity index (χ4v) is 2.55. The molecule has 1 aliphatic rings. The largest absolute Gasteiger partial charge is 0.382 e. The molecule has 0 saturated carbocycles. The van der Waals surface area contributed by atoms with E-state index in [1.807, 2.05) is 38.4 Å². The molecule has 1 amide bonds. The molecule has 21 heavy (non-hydrogen) atoms. The number of benzene rings is 1. The molecule has 0 fully saturated rings. The molecule has 0 radical (unpaired) electrons. The average molecular weight is 285 g/mol. The second kappa shape index (κ2) is 5.47. The van der Waals surface area contributed by atoms with Crippen LogP contribution in [-0.4, -0.2) is 28.8 Å². The SMILES string of the molecule is CCc1nn(C)cc1NC(=O)c1cccc2c1NCCN2. The van der Waals surface area contributed by atoms with Crippen LogP contribution in [0.15, 0.2) is 24.4 Å². The van der Waals surface area contributed by atoms with E-state index in [4.69, 9.17) is 0 Å². The van der Waals surface area contributed by atoms with Gasteiger partial charge < -0.3 is 16.0 Å². The van der Waals surface area contributed by atoms with Gasteiger partial charge in [0.05, 0.1) is 28.3 Å². The van der Waals surface area contributed by atoms with Crippen molar-refractivity contribution in [3.05, 3.63) is 35.7 Å². The Morgan fingerprint density at radius 3 is 3.00 bits per heavy atom. The molecule has 3 N–H and O–H groups in total. The smallest absolute Gasteiger partial charge is 0.257 e. The summed E-state index contributed by atoms with van der Waals surface area (Å²) in [7, 11) is 1.85. The van der Waals surface area contributed by atoms with Crippen LogP contribution in [0.4, 0.5) is 17.1 Å². The van der Waals surface area contributed by atoms with E-state index >= 15 is 0 Å². The Morgan fingerprint density at radius 2 is 2.19 bits per heavy atom. The molecule has 2 aromatic rings. The lowest BCUT2D eigenvalue weighted by atomic mass is 10.1. The number of aryl methyl sites for hydroxylation is 2. The van der Waals surface area contributed by atoms with E-state index in [9.17, 15) is 4.79 Å². The maximum absolute atomic E-state index is 12.5. The molecule has 3 rings (SSSR count). The number of carbonyl (C=O) groups is 1. The molecule has 0 atom stereocenters. The van der Waals surface area contributed by atoms with E-state index in [-0.39, 0.29) is 5.91 Å². The second-order valence-electron chi connectivity index (χ2n) is 5.05. The summed E-state index contributed by atoms with van der Waals surface area (Å²) < 4.78 is 1.72. The van der Waals surface area contributed by atoms with E-state index in [0.717, 1.165) is 42.3 Å². The lowest BCUT2D eigenvalue weighted by Crippen LogP contribution is -2.24. The normalized spacial score (nSPS) is 13.0. The molecule has 0 spiro atoms. The van der Waals surface area contributed by atoms with Gasteiger partial charge in [0, 0.05) is 26.3 Å². The van der Waals surface area contributed by atoms with Gasteiger partial charge >= 0.3 is 0 Å². The minimum Gasteiger partial charge on any atom is -0.382 e. The highest BCUT2D eigenvalue weighted by molar-refractivity contribution is 6.10. The summed E-state index contributed by atoms with van der Waals surface area (Å²) in [5.74, 6) is -0.120. The van der Waals surface area contributed by atoms with Crippen LogP contribution in [0.1, 0.15) is 23.0 Å². The fraction of sp³-hybridized carbons (Fsp3) is 0.333. The Hall–Kier alpha value is -2.50. The highest BCUT2D eigenvalue weighted by Crippen LogP contribution is 2.29. The van der Waals surface area contributed by atoms with Crippen molar-refractivity contribution in [2.45, 2.75) is 13.3 Å². The summed E-state index contributed by atoms with van der Waals surface area (Å²) in [6.07, 6.45) is 2.61. The number of para-hydroxylation sites is 1. The average Bonchev–Trinajstić information content (AvgIpc) is 2.86. The quantitative estimate of drug-likeness (QED) is 0.807. The molecule has 1 aliphatic heterocycles. The zero-order chi connectivity index (χ0) is 14.8. The Morgan fingerprint density at radius 1 is 1.38 bits per heavy atom. The first-order valence-corrected chi connectivity index (χ1v) is 7.13. The van der Waals surface area contributed by atoms with Crippen molar-refractivity contribution in [2.24, 2.45) is 7.05 Å². The number of nitrogens with zero attached hydrogens (tertiary/aromatic N) is 2. The molecule has 2 heterocycles. The van der Waals surface area contributed by atoms with Gasteiger partial charge in [0.25, 0.3) is 5.91 Å². The van der Waals surface area contributed by atoms with Gasteiger partial charge in [-0.3, -0.25) is 9.48 Å². The van der Waals surface area contributed by atoms with Gasteiger partial charge in [-0.1, -0.05) is 13.0 Å². The summed E-state index contributed by atoms with van der Waals surface area (Å²) >= 11 is 0. The van der Waals surface area contributed by atoms with Gasteiger partial charge in [-0.25, -0.2) is 0 Å². The lowest BCUT2D eigenvalue weighted by molar-refractivity contribution is 0.102. The first-order chi connectivity index (χ1) is 10.2. The van der Waals surface area contributed by atoms with Crippen LogP contribution in [0.3, 0.4) is 0 Å². The highest BCUT2D eigenvalue weighted by atomic mass is 16.1. The Labute approximate surface area is 123 Å². The van der Waals surface area contributed by atoms with Crippen LogP contribution in [0, 0.1) is 0 Å². The molecule has 1 aromatic carbocycles. The van der Waals surface area contributed by atoms with Gasteiger partial charge in [-0.2, -0.15) is 5.10 Å². The highest BCUT2D eigenvalue weighted by Gasteiger charge is 2.18. The summed E-state index contributed by atoms with van der Waals surface area (Å²) in [4.78, 5) is 12.5. The van der Waals surface area contributed by atoms with Crippen LogP contribution in [0.5, 0.6) is 0 Å². The zero-order valence-electron chi connectivity index (χ0n) is 12.2. The zero-order valence-corrected chi connectivity index (χ0v) is 12.2. The maximum Gasteiger partial charge on any atom is 0.257 e. The van der Waals surface area contributed by atoms with Crippen molar-refractivity contribution >= 4 is 23.0 Å². The number of anilines is 3.